The molecule has 2 aromatic carbocycles. The number of halogens is 1. The fourth-order valence-corrected chi connectivity index (χ4v) is 3.89. The number of aryl methyl sites for hydroxylation is 2. The summed E-state index contributed by atoms with van der Waals surface area (Å²) in [4.78, 5) is 17.0. The van der Waals surface area contributed by atoms with E-state index in [0.717, 1.165) is 26.7 Å². The van der Waals surface area contributed by atoms with Crippen molar-refractivity contribution in [2.75, 3.05) is 5.32 Å². The highest BCUT2D eigenvalue weighted by atomic mass is 35.5. The van der Waals surface area contributed by atoms with E-state index in [1.54, 1.807) is 35.6 Å². The lowest BCUT2D eigenvalue weighted by Crippen LogP contribution is -2.11. The van der Waals surface area contributed by atoms with Gasteiger partial charge >= 0.3 is 0 Å². The fraction of sp³-hybridized carbons (Fsp3) is 0.105. The summed E-state index contributed by atoms with van der Waals surface area (Å²) in [7, 11) is 0. The zero-order valence-electron chi connectivity index (χ0n) is 14.2. The number of benzene rings is 2. The average molecular weight is 383 g/mol. The third kappa shape index (κ3) is 3.21. The highest BCUT2D eigenvalue weighted by molar-refractivity contribution is 7.20. The zero-order chi connectivity index (χ0) is 18.3. The van der Waals surface area contributed by atoms with Crippen molar-refractivity contribution < 1.29 is 4.79 Å². The molecule has 0 aliphatic rings. The zero-order valence-corrected chi connectivity index (χ0v) is 15.7. The summed E-state index contributed by atoms with van der Waals surface area (Å²) in [5.74, 6) is -0.208. The van der Waals surface area contributed by atoms with Crippen LogP contribution in [0.5, 0.6) is 0 Å². The molecule has 4 aromatic rings. The van der Waals surface area contributed by atoms with Crippen molar-refractivity contribution in [1.29, 1.82) is 0 Å². The van der Waals surface area contributed by atoms with Crippen LogP contribution in [-0.2, 0) is 0 Å². The predicted octanol–water partition coefficient (Wildman–Crippen LogP) is 5.00. The summed E-state index contributed by atoms with van der Waals surface area (Å²) < 4.78 is 2.87. The van der Waals surface area contributed by atoms with Crippen molar-refractivity contribution >= 4 is 44.7 Å². The van der Waals surface area contributed by atoms with Gasteiger partial charge in [-0.3, -0.25) is 4.79 Å². The third-order valence-electron chi connectivity index (χ3n) is 3.91. The van der Waals surface area contributed by atoms with Gasteiger partial charge in [0.05, 0.1) is 15.9 Å². The highest BCUT2D eigenvalue weighted by Crippen LogP contribution is 2.28. The van der Waals surface area contributed by atoms with Gasteiger partial charge in [-0.25, -0.2) is 9.67 Å². The minimum Gasteiger partial charge on any atom is -0.322 e. The fourth-order valence-electron chi connectivity index (χ4n) is 2.74. The van der Waals surface area contributed by atoms with Crippen molar-refractivity contribution in [2.24, 2.45) is 0 Å². The first-order valence-electron chi connectivity index (χ1n) is 8.01. The minimum atomic E-state index is -0.208. The van der Waals surface area contributed by atoms with Crippen LogP contribution in [0.4, 0.5) is 5.69 Å². The predicted molar refractivity (Wildman–Crippen MR) is 106 cm³/mol. The van der Waals surface area contributed by atoms with Crippen molar-refractivity contribution in [3.8, 4) is 5.13 Å². The Morgan fingerprint density at radius 2 is 2.00 bits per heavy atom. The molecule has 0 saturated heterocycles. The molecule has 7 heteroatoms. The molecule has 0 aliphatic heterocycles. The van der Waals surface area contributed by atoms with Crippen LogP contribution in [-0.4, -0.2) is 20.7 Å². The van der Waals surface area contributed by atoms with Gasteiger partial charge in [0.15, 0.2) is 0 Å². The highest BCUT2D eigenvalue weighted by Gasteiger charge is 2.12. The second kappa shape index (κ2) is 6.55. The molecule has 0 radical (unpaired) electrons. The first-order chi connectivity index (χ1) is 12.5. The number of nitrogens with one attached hydrogen (secondary N) is 1. The number of hydrogen-bond donors (Lipinski definition) is 1. The Kier molecular flexibility index (Phi) is 4.22. The minimum absolute atomic E-state index is 0.208. The van der Waals surface area contributed by atoms with E-state index in [0.29, 0.717) is 16.3 Å². The maximum atomic E-state index is 12.4. The lowest BCUT2D eigenvalue weighted by atomic mass is 10.2. The third-order valence-corrected chi connectivity index (χ3v) is 5.16. The second-order valence-electron chi connectivity index (χ2n) is 5.98. The number of amides is 1. The molecular formula is C19H15ClN4OS. The number of anilines is 1. The van der Waals surface area contributed by atoms with Gasteiger partial charge < -0.3 is 5.32 Å². The molecular weight excluding hydrogens is 368 g/mol. The van der Waals surface area contributed by atoms with E-state index < -0.39 is 0 Å². The van der Waals surface area contributed by atoms with Crippen LogP contribution < -0.4 is 5.32 Å². The summed E-state index contributed by atoms with van der Waals surface area (Å²) in [6.07, 6.45) is 0. The molecule has 0 atom stereocenters. The lowest BCUT2D eigenvalue weighted by molar-refractivity contribution is 0.102. The first-order valence-corrected chi connectivity index (χ1v) is 9.20. The summed E-state index contributed by atoms with van der Waals surface area (Å²) in [5, 5.41) is 8.70. The Morgan fingerprint density at radius 1 is 1.15 bits per heavy atom. The van der Waals surface area contributed by atoms with Gasteiger partial charge in [-0.05, 0) is 56.3 Å². The number of rotatable bonds is 3. The normalized spacial score (nSPS) is 11.0. The maximum Gasteiger partial charge on any atom is 0.255 e. The van der Waals surface area contributed by atoms with Gasteiger partial charge in [-0.1, -0.05) is 29.0 Å². The van der Waals surface area contributed by atoms with Crippen LogP contribution >= 0.6 is 22.9 Å². The molecule has 0 fully saturated rings. The van der Waals surface area contributed by atoms with E-state index >= 15 is 0 Å². The molecule has 130 valence electrons. The average Bonchev–Trinajstić information content (AvgIpc) is 3.16. The number of fused-ring (bicyclic) bond motifs is 1. The summed E-state index contributed by atoms with van der Waals surface area (Å²) in [6.45, 7) is 3.96. The van der Waals surface area contributed by atoms with Crippen LogP contribution in [0.2, 0.25) is 5.02 Å². The number of nitrogens with zero attached hydrogens (tertiary/aromatic N) is 3. The Balaban J connectivity index is 1.63. The maximum absolute atomic E-state index is 12.4. The largest absolute Gasteiger partial charge is 0.322 e. The molecule has 0 saturated carbocycles. The van der Waals surface area contributed by atoms with E-state index in [9.17, 15) is 4.79 Å². The van der Waals surface area contributed by atoms with Gasteiger partial charge in [-0.2, -0.15) is 5.10 Å². The summed E-state index contributed by atoms with van der Waals surface area (Å²) in [6, 6.07) is 14.6. The van der Waals surface area contributed by atoms with E-state index in [1.165, 1.54) is 0 Å². The van der Waals surface area contributed by atoms with Crippen LogP contribution in [0.3, 0.4) is 0 Å². The van der Waals surface area contributed by atoms with E-state index in [4.69, 9.17) is 11.6 Å². The van der Waals surface area contributed by atoms with Gasteiger partial charge in [-0.15, -0.1) is 0 Å². The molecule has 2 heterocycles. The molecule has 1 N–H and O–H groups in total. The van der Waals surface area contributed by atoms with Crippen molar-refractivity contribution in [3.05, 3.63) is 70.5 Å². The molecule has 2 aromatic heterocycles. The van der Waals surface area contributed by atoms with Crippen LogP contribution in [0.25, 0.3) is 15.3 Å². The number of hydrogen-bond acceptors (Lipinski definition) is 4. The molecule has 26 heavy (non-hydrogen) atoms. The van der Waals surface area contributed by atoms with E-state index in [-0.39, 0.29) is 5.91 Å². The van der Waals surface area contributed by atoms with Crippen LogP contribution in [0.1, 0.15) is 21.7 Å². The molecule has 0 spiro atoms. The molecule has 0 bridgehead atoms. The molecule has 0 unspecified atom stereocenters. The lowest BCUT2D eigenvalue weighted by Gasteiger charge is -2.05. The number of aromatic nitrogens is 3. The molecule has 1 amide bonds. The molecule has 4 rings (SSSR count). The Labute approximate surface area is 159 Å². The molecule has 5 nitrogen and oxygen atoms in total. The van der Waals surface area contributed by atoms with Crippen molar-refractivity contribution in [1.82, 2.24) is 14.8 Å². The van der Waals surface area contributed by atoms with Gasteiger partial charge in [0.1, 0.15) is 0 Å². The summed E-state index contributed by atoms with van der Waals surface area (Å²) in [5.41, 5.74) is 4.01. The van der Waals surface area contributed by atoms with Crippen LogP contribution in [0, 0.1) is 13.8 Å². The quantitative estimate of drug-likeness (QED) is 0.542. The number of thiazole rings is 1. The first kappa shape index (κ1) is 16.8. The SMILES string of the molecule is Cc1cc(C)n(-c2nc3cc(NC(=O)c4cccc(Cl)c4)ccc3s2)n1. The van der Waals surface area contributed by atoms with Gasteiger partial charge in [0.2, 0.25) is 5.13 Å². The number of carbonyl (C=O) groups excluding carboxylic acids is 1. The standard InChI is InChI=1S/C19H15ClN4OS/c1-11-8-12(2)24(23-11)19-22-16-10-15(6-7-17(16)26-19)21-18(25)13-4-3-5-14(20)9-13/h3-10H,1-2H3,(H,21,25). The number of carbonyl (C=O) groups is 1. The smallest absolute Gasteiger partial charge is 0.255 e. The van der Waals surface area contributed by atoms with Gasteiger partial charge in [0.25, 0.3) is 5.91 Å². The Hall–Kier alpha value is -2.70. The van der Waals surface area contributed by atoms with Crippen molar-refractivity contribution in [3.63, 3.8) is 0 Å². The molecule has 0 aliphatic carbocycles. The second-order valence-corrected chi connectivity index (χ2v) is 7.43. The van der Waals surface area contributed by atoms with Crippen LogP contribution in [0.15, 0.2) is 48.5 Å². The van der Waals surface area contributed by atoms with E-state index in [2.05, 4.69) is 15.4 Å². The monoisotopic (exact) mass is 382 g/mol. The van der Waals surface area contributed by atoms with Crippen molar-refractivity contribution in [2.45, 2.75) is 13.8 Å². The summed E-state index contributed by atoms with van der Waals surface area (Å²) >= 11 is 7.51. The topological polar surface area (TPSA) is 59.8 Å². The van der Waals surface area contributed by atoms with Gasteiger partial charge in [0, 0.05) is 22.0 Å². The Morgan fingerprint density at radius 3 is 2.73 bits per heavy atom. The van der Waals surface area contributed by atoms with E-state index in [1.807, 2.05) is 42.8 Å². The Bertz CT molecular complexity index is 1130.